The average molecular weight is 624 g/mol. The Morgan fingerprint density at radius 2 is 1.93 bits per heavy atom. The number of alkyl halides is 3. The van der Waals surface area contributed by atoms with Crippen molar-refractivity contribution in [2.24, 2.45) is 0 Å². The van der Waals surface area contributed by atoms with E-state index in [0.717, 1.165) is 6.07 Å². The number of fused-ring (bicyclic) bond motifs is 1. The molecule has 1 aromatic carbocycles. The van der Waals surface area contributed by atoms with E-state index in [0.29, 0.717) is 32.5 Å². The van der Waals surface area contributed by atoms with Crippen LogP contribution in [0.3, 0.4) is 0 Å². The molecule has 2 aliphatic heterocycles. The van der Waals surface area contributed by atoms with E-state index < -0.39 is 28.8 Å². The number of aryl methyl sites for hydroxylation is 1. The minimum absolute atomic E-state index is 0.0249. The molecule has 2 fully saturated rings. The Hall–Kier alpha value is -3.94. The maximum absolute atomic E-state index is 16.5. The highest BCUT2D eigenvalue weighted by Crippen LogP contribution is 2.44. The molecule has 2 N–H and O–H groups in total. The molecule has 0 bridgehead atoms. The Labute approximate surface area is 249 Å². The first-order valence-corrected chi connectivity index (χ1v) is 14.0. The molecule has 5 rings (SSSR count). The van der Waals surface area contributed by atoms with Crippen molar-refractivity contribution in [3.05, 3.63) is 34.1 Å². The number of hydrogen-bond acceptors (Lipinski definition) is 8. The number of aromatic nitrogens is 3. The fourth-order valence-corrected chi connectivity index (χ4v) is 5.97. The molecule has 230 valence electrons. The SMILES string of the molecule is CC(=O)N1CCN(c2nc(OC[C@@H]3CCC(=O)N3C)nc3c(F)c(-c4nc(N)cc(C)c4C(F)(F)F)c(Cl)cc23)[C@@H](C)C1. The number of benzene rings is 1. The summed E-state index contributed by atoms with van der Waals surface area (Å²) in [6.45, 7) is 5.63. The predicted octanol–water partition coefficient (Wildman–Crippen LogP) is 4.45. The molecule has 2 aliphatic rings. The van der Waals surface area contributed by atoms with Gasteiger partial charge in [-0.2, -0.15) is 23.1 Å². The normalized spacial score (nSPS) is 19.5. The number of likely N-dealkylation sites (tertiary alicyclic amines) is 1. The first kappa shape index (κ1) is 30.5. The molecule has 2 aromatic heterocycles. The molecule has 0 spiro atoms. The van der Waals surface area contributed by atoms with Crippen LogP contribution in [-0.2, 0) is 15.8 Å². The summed E-state index contributed by atoms with van der Waals surface area (Å²) < 4.78 is 64.8. The van der Waals surface area contributed by atoms with E-state index in [1.165, 1.54) is 19.9 Å². The smallest absolute Gasteiger partial charge is 0.418 e. The van der Waals surface area contributed by atoms with Crippen LogP contribution in [0.4, 0.5) is 29.2 Å². The number of halogens is 5. The second-order valence-corrected chi connectivity index (χ2v) is 11.3. The molecule has 3 aromatic rings. The van der Waals surface area contributed by atoms with Gasteiger partial charge in [0.2, 0.25) is 11.8 Å². The van der Waals surface area contributed by atoms with E-state index in [9.17, 15) is 22.8 Å². The van der Waals surface area contributed by atoms with Crippen LogP contribution in [-0.4, -0.2) is 81.9 Å². The number of nitrogen functional groups attached to an aromatic ring is 1. The molecule has 43 heavy (non-hydrogen) atoms. The van der Waals surface area contributed by atoms with Crippen molar-refractivity contribution in [2.45, 2.75) is 51.9 Å². The molecular formula is C28H30ClF4N7O3. The lowest BCUT2D eigenvalue weighted by atomic mass is 9.99. The number of ether oxygens (including phenoxy) is 1. The third-order valence-electron chi connectivity index (χ3n) is 7.98. The Kier molecular flexibility index (Phi) is 8.01. The molecular weight excluding hydrogens is 594 g/mol. The molecule has 0 unspecified atom stereocenters. The maximum Gasteiger partial charge on any atom is 0.418 e. The highest BCUT2D eigenvalue weighted by atomic mass is 35.5. The van der Waals surface area contributed by atoms with Gasteiger partial charge in [-0.05, 0) is 38.0 Å². The third kappa shape index (κ3) is 5.71. The van der Waals surface area contributed by atoms with Crippen molar-refractivity contribution >= 4 is 46.0 Å². The Bertz CT molecular complexity index is 1620. The molecule has 10 nitrogen and oxygen atoms in total. The monoisotopic (exact) mass is 623 g/mol. The van der Waals surface area contributed by atoms with E-state index in [2.05, 4.69) is 15.0 Å². The van der Waals surface area contributed by atoms with Gasteiger partial charge in [0.15, 0.2) is 5.82 Å². The number of nitrogens with two attached hydrogens (primary N) is 1. The summed E-state index contributed by atoms with van der Waals surface area (Å²) in [6, 6.07) is 1.61. The van der Waals surface area contributed by atoms with Crippen molar-refractivity contribution in [1.82, 2.24) is 24.8 Å². The van der Waals surface area contributed by atoms with Crippen LogP contribution >= 0.6 is 11.6 Å². The van der Waals surface area contributed by atoms with Gasteiger partial charge in [0, 0.05) is 51.5 Å². The number of likely N-dealkylation sites (N-methyl/N-ethyl adjacent to an activating group) is 1. The van der Waals surface area contributed by atoms with Crippen molar-refractivity contribution in [3.63, 3.8) is 0 Å². The topological polar surface area (TPSA) is 118 Å². The highest BCUT2D eigenvalue weighted by Gasteiger charge is 2.39. The second kappa shape index (κ2) is 11.3. The van der Waals surface area contributed by atoms with Crippen molar-refractivity contribution in [3.8, 4) is 17.3 Å². The standard InChI is InChI=1S/C28H30ClF4N7O3/c1-13-9-19(34)35-25(22(13)28(31,32)33)21-18(29)10-17-24(23(21)30)36-27(43-12-16-5-6-20(42)38(16)4)37-26(17)40-8-7-39(15(3)41)11-14(40)2/h9-10,14,16H,5-8,11-12H2,1-4H3,(H2,34,35)/t14-,16-/m0/s1. The molecule has 2 amide bonds. The van der Waals surface area contributed by atoms with Gasteiger partial charge in [-0.3, -0.25) is 9.59 Å². The number of nitrogens with zero attached hydrogens (tertiary/aromatic N) is 6. The third-order valence-corrected chi connectivity index (χ3v) is 8.28. The van der Waals surface area contributed by atoms with Crippen LogP contribution in [0.15, 0.2) is 12.1 Å². The van der Waals surface area contributed by atoms with Gasteiger partial charge in [-0.25, -0.2) is 9.37 Å². The number of carbonyl (C=O) groups excluding carboxylic acids is 2. The molecule has 15 heteroatoms. The molecule has 2 saturated heterocycles. The fourth-order valence-electron chi connectivity index (χ4n) is 5.69. The summed E-state index contributed by atoms with van der Waals surface area (Å²) in [4.78, 5) is 41.7. The van der Waals surface area contributed by atoms with Gasteiger partial charge in [-0.1, -0.05) is 11.6 Å². The van der Waals surface area contributed by atoms with Gasteiger partial charge in [0.1, 0.15) is 23.8 Å². The Balaban J connectivity index is 1.68. The van der Waals surface area contributed by atoms with E-state index in [4.69, 9.17) is 22.1 Å². The molecule has 0 aliphatic carbocycles. The lowest BCUT2D eigenvalue weighted by molar-refractivity contribution is -0.137. The zero-order valence-electron chi connectivity index (χ0n) is 23.9. The lowest BCUT2D eigenvalue weighted by Gasteiger charge is -2.40. The minimum atomic E-state index is -4.88. The van der Waals surface area contributed by atoms with Crippen LogP contribution < -0.4 is 15.4 Å². The van der Waals surface area contributed by atoms with Crippen LogP contribution in [0.25, 0.3) is 22.2 Å². The summed E-state index contributed by atoms with van der Waals surface area (Å²) in [5.74, 6) is -1.28. The summed E-state index contributed by atoms with van der Waals surface area (Å²) >= 11 is 6.51. The number of hydrogen-bond donors (Lipinski definition) is 1. The van der Waals surface area contributed by atoms with Crippen molar-refractivity contribution in [2.75, 3.05) is 43.9 Å². The number of pyridine rings is 1. The van der Waals surface area contributed by atoms with Crippen molar-refractivity contribution < 1.29 is 31.9 Å². The van der Waals surface area contributed by atoms with E-state index >= 15 is 4.39 Å². The summed E-state index contributed by atoms with van der Waals surface area (Å²) in [7, 11) is 1.65. The predicted molar refractivity (Wildman–Crippen MR) is 152 cm³/mol. The largest absolute Gasteiger partial charge is 0.461 e. The second-order valence-electron chi connectivity index (χ2n) is 10.9. The number of amides is 2. The molecule has 0 saturated carbocycles. The van der Waals surface area contributed by atoms with Crippen LogP contribution in [0, 0.1) is 12.7 Å². The Morgan fingerprint density at radius 3 is 2.53 bits per heavy atom. The first-order valence-electron chi connectivity index (χ1n) is 13.6. The number of anilines is 2. The zero-order chi connectivity index (χ0) is 31.4. The maximum atomic E-state index is 16.5. The van der Waals surface area contributed by atoms with E-state index in [1.54, 1.807) is 16.8 Å². The van der Waals surface area contributed by atoms with Gasteiger partial charge < -0.3 is 25.2 Å². The number of piperazine rings is 1. The fraction of sp³-hybridized carbons (Fsp3) is 0.464. The van der Waals surface area contributed by atoms with Gasteiger partial charge in [-0.15, -0.1) is 0 Å². The summed E-state index contributed by atoms with van der Waals surface area (Å²) in [5.41, 5.74) is 2.67. The van der Waals surface area contributed by atoms with Crippen LogP contribution in [0.2, 0.25) is 5.02 Å². The summed E-state index contributed by atoms with van der Waals surface area (Å²) in [5, 5.41) is -0.197. The number of carbonyl (C=O) groups is 2. The van der Waals surface area contributed by atoms with Crippen LogP contribution in [0.1, 0.15) is 37.8 Å². The highest BCUT2D eigenvalue weighted by molar-refractivity contribution is 6.34. The molecule has 4 heterocycles. The van der Waals surface area contributed by atoms with Gasteiger partial charge in [0.25, 0.3) is 0 Å². The average Bonchev–Trinajstić information content (AvgIpc) is 3.23. The first-order chi connectivity index (χ1) is 20.2. The van der Waals surface area contributed by atoms with Gasteiger partial charge >= 0.3 is 12.2 Å². The van der Waals surface area contributed by atoms with E-state index in [-0.39, 0.29) is 69.6 Å². The number of rotatable bonds is 5. The lowest BCUT2D eigenvalue weighted by Crippen LogP contribution is -2.53. The van der Waals surface area contributed by atoms with Crippen molar-refractivity contribution in [1.29, 1.82) is 0 Å². The van der Waals surface area contributed by atoms with E-state index in [1.807, 2.05) is 11.8 Å². The van der Waals surface area contributed by atoms with Crippen LogP contribution in [0.5, 0.6) is 6.01 Å². The molecule has 0 radical (unpaired) electrons. The summed E-state index contributed by atoms with van der Waals surface area (Å²) in [6.07, 6.45) is -3.97. The quantitative estimate of drug-likeness (QED) is 0.414. The molecule has 2 atom stereocenters. The van der Waals surface area contributed by atoms with Gasteiger partial charge in [0.05, 0.1) is 27.9 Å². The zero-order valence-corrected chi connectivity index (χ0v) is 24.7. The Morgan fingerprint density at radius 1 is 1.21 bits per heavy atom. The minimum Gasteiger partial charge on any atom is -0.461 e.